The van der Waals surface area contributed by atoms with Gasteiger partial charge in [-0.15, -0.1) is 0 Å². The monoisotopic (exact) mass is 477 g/mol. The molecule has 180 valence electrons. The third-order valence-corrected chi connectivity index (χ3v) is 7.59. The van der Waals surface area contributed by atoms with Crippen molar-refractivity contribution in [3.05, 3.63) is 42.9 Å². The normalized spacial score (nSPS) is 24.1. The van der Waals surface area contributed by atoms with Crippen LogP contribution in [0.1, 0.15) is 19.3 Å². The maximum Gasteiger partial charge on any atom is 0.259 e. The summed E-state index contributed by atoms with van der Waals surface area (Å²) in [5, 5.41) is 9.72. The van der Waals surface area contributed by atoms with E-state index in [9.17, 15) is 18.3 Å². The van der Waals surface area contributed by atoms with E-state index in [-0.39, 0.29) is 30.1 Å². The SMILES string of the molecule is Cn1cnc(S(=O)(=O)N[C@@H]2CC[C@H](CC(=O)N3CCN(c4ccccc4)CC3)O[C@H]2CO)c1. The molecular weight excluding hydrogens is 446 g/mol. The topological polar surface area (TPSA) is 117 Å². The smallest absolute Gasteiger partial charge is 0.259 e. The largest absolute Gasteiger partial charge is 0.394 e. The number of rotatable bonds is 7. The van der Waals surface area contributed by atoms with Gasteiger partial charge in [0.15, 0.2) is 5.03 Å². The minimum atomic E-state index is -3.82. The molecular formula is C22H31N5O5S. The Morgan fingerprint density at radius 2 is 1.91 bits per heavy atom. The minimum Gasteiger partial charge on any atom is -0.394 e. The van der Waals surface area contributed by atoms with Crippen LogP contribution in [0.3, 0.4) is 0 Å². The quantitative estimate of drug-likeness (QED) is 0.591. The second kappa shape index (κ2) is 10.2. The van der Waals surface area contributed by atoms with Crippen molar-refractivity contribution in [3.63, 3.8) is 0 Å². The molecule has 0 saturated carbocycles. The highest BCUT2D eigenvalue weighted by Gasteiger charge is 2.36. The molecule has 4 rings (SSSR count). The number of benzene rings is 1. The summed E-state index contributed by atoms with van der Waals surface area (Å²) in [6, 6.07) is 9.56. The molecule has 2 aliphatic heterocycles. The van der Waals surface area contributed by atoms with E-state index in [1.165, 1.54) is 12.5 Å². The fourth-order valence-corrected chi connectivity index (χ4v) is 5.66. The van der Waals surface area contributed by atoms with Gasteiger partial charge in [-0.05, 0) is 25.0 Å². The molecule has 2 aliphatic rings. The van der Waals surface area contributed by atoms with Crippen LogP contribution in [0.2, 0.25) is 0 Å². The van der Waals surface area contributed by atoms with E-state index >= 15 is 0 Å². The number of nitrogens with one attached hydrogen (secondary N) is 1. The predicted molar refractivity (Wildman–Crippen MR) is 122 cm³/mol. The van der Waals surface area contributed by atoms with Gasteiger partial charge in [-0.25, -0.2) is 18.1 Å². The number of aromatic nitrogens is 2. The fourth-order valence-electron chi connectivity index (χ4n) is 4.38. The van der Waals surface area contributed by atoms with Crippen molar-refractivity contribution in [3.8, 4) is 0 Å². The first-order valence-corrected chi connectivity index (χ1v) is 12.7. The maximum absolute atomic E-state index is 12.8. The second-order valence-corrected chi connectivity index (χ2v) is 10.2. The number of nitrogens with zero attached hydrogens (tertiary/aromatic N) is 4. The molecule has 1 aromatic heterocycles. The number of ether oxygens (including phenoxy) is 1. The first-order chi connectivity index (χ1) is 15.9. The van der Waals surface area contributed by atoms with Gasteiger partial charge in [0, 0.05) is 45.1 Å². The van der Waals surface area contributed by atoms with Gasteiger partial charge in [-0.1, -0.05) is 18.2 Å². The Bertz CT molecular complexity index is 1040. The lowest BCUT2D eigenvalue weighted by atomic mass is 9.97. The molecule has 11 heteroatoms. The number of carbonyl (C=O) groups excluding carboxylic acids is 1. The van der Waals surface area contributed by atoms with Crippen LogP contribution in [0.4, 0.5) is 5.69 Å². The van der Waals surface area contributed by atoms with Crippen molar-refractivity contribution < 1.29 is 23.1 Å². The summed E-state index contributed by atoms with van der Waals surface area (Å²) >= 11 is 0. The number of hydrogen-bond acceptors (Lipinski definition) is 7. The zero-order valence-corrected chi connectivity index (χ0v) is 19.5. The first kappa shape index (κ1) is 23.7. The van der Waals surface area contributed by atoms with Gasteiger partial charge in [0.2, 0.25) is 5.91 Å². The molecule has 0 radical (unpaired) electrons. The van der Waals surface area contributed by atoms with Gasteiger partial charge in [0.1, 0.15) is 0 Å². The van der Waals surface area contributed by atoms with Crippen LogP contribution < -0.4 is 9.62 Å². The zero-order chi connectivity index (χ0) is 23.4. The van der Waals surface area contributed by atoms with Crippen molar-refractivity contribution in [2.75, 3.05) is 37.7 Å². The van der Waals surface area contributed by atoms with Gasteiger partial charge in [0.25, 0.3) is 10.0 Å². The molecule has 2 aromatic rings. The molecule has 1 aromatic carbocycles. The molecule has 3 atom stereocenters. The molecule has 0 aliphatic carbocycles. The van der Waals surface area contributed by atoms with Crippen molar-refractivity contribution >= 4 is 21.6 Å². The average molecular weight is 478 g/mol. The Hall–Kier alpha value is -2.47. The molecule has 2 N–H and O–H groups in total. The van der Waals surface area contributed by atoms with E-state index in [2.05, 4.69) is 26.7 Å². The third kappa shape index (κ3) is 5.72. The van der Waals surface area contributed by atoms with E-state index < -0.39 is 22.2 Å². The number of amides is 1. The molecule has 33 heavy (non-hydrogen) atoms. The third-order valence-electron chi connectivity index (χ3n) is 6.21. The van der Waals surface area contributed by atoms with E-state index in [1.54, 1.807) is 11.6 Å². The Balaban J connectivity index is 1.28. The number of piperazine rings is 1. The molecule has 2 fully saturated rings. The number of para-hydroxylation sites is 1. The summed E-state index contributed by atoms with van der Waals surface area (Å²) < 4.78 is 35.2. The Morgan fingerprint density at radius 3 is 2.55 bits per heavy atom. The zero-order valence-electron chi connectivity index (χ0n) is 18.7. The Morgan fingerprint density at radius 1 is 1.18 bits per heavy atom. The highest BCUT2D eigenvalue weighted by Crippen LogP contribution is 2.24. The lowest BCUT2D eigenvalue weighted by Gasteiger charge is -2.38. The van der Waals surface area contributed by atoms with Crippen LogP contribution in [-0.4, -0.2) is 84.9 Å². The number of sulfonamides is 1. The maximum atomic E-state index is 12.8. The second-order valence-electron chi connectivity index (χ2n) is 8.57. The first-order valence-electron chi connectivity index (χ1n) is 11.2. The van der Waals surface area contributed by atoms with Gasteiger partial charge < -0.3 is 24.2 Å². The Kier molecular flexibility index (Phi) is 7.32. The molecule has 0 spiro atoms. The molecule has 1 amide bonds. The van der Waals surface area contributed by atoms with Crippen LogP contribution in [0.25, 0.3) is 0 Å². The average Bonchev–Trinajstić information content (AvgIpc) is 3.28. The van der Waals surface area contributed by atoms with Crippen LogP contribution in [-0.2, 0) is 26.6 Å². The summed E-state index contributed by atoms with van der Waals surface area (Å²) in [5.41, 5.74) is 1.16. The Labute approximate surface area is 194 Å². The fraction of sp³-hybridized carbons (Fsp3) is 0.545. The van der Waals surface area contributed by atoms with E-state index in [1.807, 2.05) is 23.1 Å². The van der Waals surface area contributed by atoms with Gasteiger partial charge in [-0.3, -0.25) is 4.79 Å². The number of aliphatic hydroxyl groups excluding tert-OH is 1. The molecule has 3 heterocycles. The molecule has 10 nitrogen and oxygen atoms in total. The minimum absolute atomic E-state index is 0.0249. The van der Waals surface area contributed by atoms with E-state index in [0.29, 0.717) is 25.9 Å². The van der Waals surface area contributed by atoms with E-state index in [4.69, 9.17) is 4.74 Å². The van der Waals surface area contributed by atoms with Crippen LogP contribution in [0, 0.1) is 0 Å². The van der Waals surface area contributed by atoms with Crippen LogP contribution in [0.15, 0.2) is 47.9 Å². The summed E-state index contributed by atoms with van der Waals surface area (Å²) in [6.45, 7) is 2.51. The number of aliphatic hydroxyl groups is 1. The molecule has 0 bridgehead atoms. The molecule has 2 saturated heterocycles. The van der Waals surface area contributed by atoms with E-state index in [0.717, 1.165) is 18.8 Å². The predicted octanol–water partition coefficient (Wildman–Crippen LogP) is 0.346. The number of aryl methyl sites for hydroxylation is 1. The van der Waals surface area contributed by atoms with Crippen molar-refractivity contribution in [2.24, 2.45) is 7.05 Å². The summed E-state index contributed by atoms with van der Waals surface area (Å²) in [5.74, 6) is 0.0249. The van der Waals surface area contributed by atoms with Gasteiger partial charge >= 0.3 is 0 Å². The van der Waals surface area contributed by atoms with Gasteiger partial charge in [-0.2, -0.15) is 0 Å². The van der Waals surface area contributed by atoms with Crippen molar-refractivity contribution in [2.45, 2.75) is 42.5 Å². The van der Waals surface area contributed by atoms with Crippen LogP contribution >= 0.6 is 0 Å². The summed E-state index contributed by atoms with van der Waals surface area (Å²) in [4.78, 5) is 20.9. The molecule has 0 unspecified atom stereocenters. The summed E-state index contributed by atoms with van der Waals surface area (Å²) in [6.07, 6.45) is 2.98. The van der Waals surface area contributed by atoms with Gasteiger partial charge in [0.05, 0.1) is 37.6 Å². The number of hydrogen-bond donors (Lipinski definition) is 2. The van der Waals surface area contributed by atoms with Crippen LogP contribution in [0.5, 0.6) is 0 Å². The number of imidazole rings is 1. The lowest BCUT2D eigenvalue weighted by Crippen LogP contribution is -2.52. The standard InChI is InChI=1S/C22H31N5O5S/c1-25-14-21(23-16-25)33(30,31)24-19-8-7-18(32-20(19)15-28)13-22(29)27-11-9-26(10-12-27)17-5-3-2-4-6-17/h2-6,14,16,18-20,24,28H,7-13,15H2,1H3/t18-,19-,20+/m1/s1. The summed E-state index contributed by atoms with van der Waals surface area (Å²) in [7, 11) is -2.13. The van der Waals surface area contributed by atoms with Crippen molar-refractivity contribution in [1.82, 2.24) is 19.2 Å². The number of carbonyl (C=O) groups is 1. The highest BCUT2D eigenvalue weighted by molar-refractivity contribution is 7.89. The highest BCUT2D eigenvalue weighted by atomic mass is 32.2. The number of anilines is 1. The van der Waals surface area contributed by atoms with Crippen molar-refractivity contribution in [1.29, 1.82) is 0 Å². The lowest BCUT2D eigenvalue weighted by molar-refractivity contribution is -0.140.